The predicted octanol–water partition coefficient (Wildman–Crippen LogP) is 3.18. The summed E-state index contributed by atoms with van der Waals surface area (Å²) in [5.41, 5.74) is 1.22. The zero-order chi connectivity index (χ0) is 13.1. The quantitative estimate of drug-likeness (QED) is 0.358. The maximum Gasteiger partial charge on any atom is 0.289 e. The second kappa shape index (κ2) is 3.45. The van der Waals surface area contributed by atoms with Crippen molar-refractivity contribution in [3.8, 4) is 5.75 Å². The first kappa shape index (κ1) is 10.1. The molecule has 1 aliphatic rings. The van der Waals surface area contributed by atoms with Crippen LogP contribution >= 0.6 is 0 Å². The van der Waals surface area contributed by atoms with Gasteiger partial charge in [-0.1, -0.05) is 41.4 Å². The van der Waals surface area contributed by atoms with E-state index in [-0.39, 0.29) is 0 Å². The molecule has 0 aliphatic carbocycles. The highest BCUT2D eigenvalue weighted by Crippen LogP contribution is 2.38. The van der Waals surface area contributed by atoms with Gasteiger partial charge in [-0.3, -0.25) is 0 Å². The molecule has 3 nitrogen and oxygen atoms in total. The zero-order valence-electron chi connectivity index (χ0n) is 10.7. The number of aromatic nitrogens is 2. The Balaban J connectivity index is 2.26. The Hall–Kier alpha value is -2.68. The Morgan fingerprint density at radius 1 is 0.900 bits per heavy atom. The Morgan fingerprint density at radius 2 is 1.70 bits per heavy atom. The summed E-state index contributed by atoms with van der Waals surface area (Å²) in [6.45, 7) is 0.523. The third kappa shape index (κ3) is 1.11. The van der Waals surface area contributed by atoms with E-state index in [1.54, 1.807) is 0 Å². The first-order chi connectivity index (χ1) is 9.93. The minimum atomic E-state index is 0.523. The summed E-state index contributed by atoms with van der Waals surface area (Å²) in [4.78, 5) is 4.35. The molecule has 0 radical (unpaired) electrons. The van der Waals surface area contributed by atoms with Crippen molar-refractivity contribution in [2.75, 3.05) is 0 Å². The molecule has 3 heteroatoms. The van der Waals surface area contributed by atoms with E-state index in [9.17, 15) is 0 Å². The van der Waals surface area contributed by atoms with Crippen molar-refractivity contribution in [3.05, 3.63) is 55.0 Å². The van der Waals surface area contributed by atoms with Gasteiger partial charge in [-0.25, -0.2) is 0 Å². The molecule has 3 aromatic carbocycles. The first-order valence-electron chi connectivity index (χ1n) is 6.67. The molecule has 0 amide bonds. The van der Waals surface area contributed by atoms with Gasteiger partial charge in [-0.2, -0.15) is 4.57 Å². The van der Waals surface area contributed by atoms with Crippen molar-refractivity contribution in [3.63, 3.8) is 0 Å². The summed E-state index contributed by atoms with van der Waals surface area (Å²) in [6, 6.07) is 14.8. The van der Waals surface area contributed by atoms with Crippen LogP contribution in [0.1, 0.15) is 0 Å². The van der Waals surface area contributed by atoms with Crippen molar-refractivity contribution in [2.24, 2.45) is 0 Å². The summed E-state index contributed by atoms with van der Waals surface area (Å²) in [7, 11) is 0. The second-order valence-electron chi connectivity index (χ2n) is 5.12. The lowest BCUT2D eigenvalue weighted by Crippen LogP contribution is -2.40. The Bertz CT molecular complexity index is 925. The van der Waals surface area contributed by atoms with Crippen LogP contribution < -0.4 is 9.30 Å². The average Bonchev–Trinajstić information content (AvgIpc) is 2.53. The van der Waals surface area contributed by atoms with E-state index >= 15 is 0 Å². The SMILES string of the molecule is c1ccc2c(c1)c1cccc3c1c1c2cnc[n+]1CO3. The van der Waals surface area contributed by atoms with Crippen LogP contribution in [0.5, 0.6) is 5.75 Å². The van der Waals surface area contributed by atoms with Crippen molar-refractivity contribution in [1.29, 1.82) is 0 Å². The van der Waals surface area contributed by atoms with Crippen LogP contribution in [0.3, 0.4) is 0 Å². The summed E-state index contributed by atoms with van der Waals surface area (Å²) < 4.78 is 7.94. The summed E-state index contributed by atoms with van der Waals surface area (Å²) in [5.74, 6) is 0.962. The van der Waals surface area contributed by atoms with Crippen LogP contribution in [0.15, 0.2) is 55.0 Å². The van der Waals surface area contributed by atoms with Crippen molar-refractivity contribution in [2.45, 2.75) is 6.73 Å². The van der Waals surface area contributed by atoms with Crippen LogP contribution in [-0.2, 0) is 6.73 Å². The van der Waals surface area contributed by atoms with Crippen molar-refractivity contribution >= 4 is 32.4 Å². The second-order valence-corrected chi connectivity index (χ2v) is 5.12. The molecular weight excluding hydrogens is 248 g/mol. The number of fused-ring (bicyclic) bond motifs is 3. The van der Waals surface area contributed by atoms with E-state index in [0.29, 0.717) is 6.73 Å². The van der Waals surface area contributed by atoms with Crippen LogP contribution in [0.25, 0.3) is 32.4 Å². The molecule has 0 bridgehead atoms. The van der Waals surface area contributed by atoms with E-state index in [0.717, 1.165) is 5.75 Å². The Labute approximate surface area is 115 Å². The molecule has 0 saturated heterocycles. The third-order valence-corrected chi connectivity index (χ3v) is 4.08. The molecule has 1 aromatic heterocycles. The lowest BCUT2D eigenvalue weighted by atomic mass is 9.97. The van der Waals surface area contributed by atoms with E-state index < -0.39 is 0 Å². The summed E-state index contributed by atoms with van der Waals surface area (Å²) >= 11 is 0. The van der Waals surface area contributed by atoms with Gasteiger partial charge in [-0.15, -0.1) is 0 Å². The average molecular weight is 259 g/mol. The van der Waals surface area contributed by atoms with Gasteiger partial charge in [0, 0.05) is 0 Å². The molecule has 0 atom stereocenters. The van der Waals surface area contributed by atoms with Gasteiger partial charge in [0.2, 0.25) is 6.73 Å². The lowest BCUT2D eigenvalue weighted by Gasteiger charge is -2.18. The summed E-state index contributed by atoms with van der Waals surface area (Å²) in [6.07, 6.45) is 3.79. The fourth-order valence-electron chi connectivity index (χ4n) is 3.25. The van der Waals surface area contributed by atoms with Crippen molar-refractivity contribution in [1.82, 2.24) is 4.98 Å². The van der Waals surface area contributed by atoms with Gasteiger partial charge in [0.1, 0.15) is 5.75 Å². The van der Waals surface area contributed by atoms with Gasteiger partial charge in [0.05, 0.1) is 10.8 Å². The molecule has 0 saturated carbocycles. The number of nitrogens with zero attached hydrogens (tertiary/aromatic N) is 2. The highest BCUT2D eigenvalue weighted by atomic mass is 16.5. The topological polar surface area (TPSA) is 26.0 Å². The van der Waals surface area contributed by atoms with Gasteiger partial charge in [0.15, 0.2) is 11.7 Å². The molecule has 5 rings (SSSR count). The molecule has 0 unspecified atom stereocenters. The minimum absolute atomic E-state index is 0.523. The highest BCUT2D eigenvalue weighted by molar-refractivity contribution is 6.24. The van der Waals surface area contributed by atoms with Gasteiger partial charge >= 0.3 is 0 Å². The molecule has 0 N–H and O–H groups in total. The van der Waals surface area contributed by atoms with E-state index in [4.69, 9.17) is 4.74 Å². The fraction of sp³-hybridized carbons (Fsp3) is 0.0588. The highest BCUT2D eigenvalue weighted by Gasteiger charge is 2.22. The molecule has 0 spiro atoms. The van der Waals surface area contributed by atoms with Crippen molar-refractivity contribution < 1.29 is 9.30 Å². The number of rotatable bonds is 0. The molecule has 94 valence electrons. The molecule has 1 aliphatic heterocycles. The maximum atomic E-state index is 5.86. The molecule has 2 heterocycles. The van der Waals surface area contributed by atoms with Gasteiger partial charge < -0.3 is 4.74 Å². The predicted molar refractivity (Wildman–Crippen MR) is 77.6 cm³/mol. The van der Waals surface area contributed by atoms with Gasteiger partial charge in [0.25, 0.3) is 6.33 Å². The molecule has 4 aromatic rings. The number of benzene rings is 3. The Kier molecular flexibility index (Phi) is 1.75. The number of hydrogen-bond acceptors (Lipinski definition) is 2. The third-order valence-electron chi connectivity index (χ3n) is 4.08. The normalized spacial score (nSPS) is 13.2. The standard InChI is InChI=1S/C17H11N2O/c1-2-5-12-11(4-1)13-6-3-7-15-16(13)17-14(12)8-18-9-19(17)10-20-15/h1-9H,10H2/q+1. The smallest absolute Gasteiger partial charge is 0.289 e. The first-order valence-corrected chi connectivity index (χ1v) is 6.67. The van der Waals surface area contributed by atoms with Crippen LogP contribution in [0, 0.1) is 0 Å². The number of hydrogen-bond donors (Lipinski definition) is 0. The fourth-order valence-corrected chi connectivity index (χ4v) is 3.25. The van der Waals surface area contributed by atoms with E-state index in [1.165, 1.54) is 32.4 Å². The maximum absolute atomic E-state index is 5.86. The summed E-state index contributed by atoms with van der Waals surface area (Å²) in [5, 5.41) is 6.12. The molecule has 0 fully saturated rings. The zero-order valence-corrected chi connectivity index (χ0v) is 10.7. The van der Waals surface area contributed by atoms with Gasteiger partial charge in [-0.05, 0) is 22.2 Å². The van der Waals surface area contributed by atoms with Crippen LogP contribution in [-0.4, -0.2) is 4.98 Å². The minimum Gasteiger partial charge on any atom is -0.454 e. The van der Waals surface area contributed by atoms with E-state index in [1.807, 2.05) is 18.6 Å². The molecule has 20 heavy (non-hydrogen) atoms. The van der Waals surface area contributed by atoms with E-state index in [2.05, 4.69) is 45.9 Å². The largest absolute Gasteiger partial charge is 0.454 e. The van der Waals surface area contributed by atoms with Crippen LogP contribution in [0.2, 0.25) is 0 Å². The lowest BCUT2D eigenvalue weighted by molar-refractivity contribution is -0.704. The Morgan fingerprint density at radius 3 is 2.60 bits per heavy atom. The molecular formula is C17H11N2O+. The van der Waals surface area contributed by atoms with Crippen LogP contribution in [0.4, 0.5) is 0 Å². The monoisotopic (exact) mass is 259 g/mol. The number of ether oxygens (including phenoxy) is 1.